The van der Waals surface area contributed by atoms with Crippen LogP contribution in [0.15, 0.2) is 27.1 Å². The summed E-state index contributed by atoms with van der Waals surface area (Å²) in [6, 6.07) is 4.76. The fourth-order valence-electron chi connectivity index (χ4n) is 0.767. The zero-order chi connectivity index (χ0) is 10.0. The minimum absolute atomic E-state index is 0.602. The summed E-state index contributed by atoms with van der Waals surface area (Å²) < 4.78 is 2.67. The second-order valence-electron chi connectivity index (χ2n) is 2.25. The van der Waals surface area contributed by atoms with Crippen molar-refractivity contribution in [1.82, 2.24) is 0 Å². The van der Waals surface area contributed by atoms with Gasteiger partial charge in [-0.15, -0.1) is 0 Å². The molecule has 0 radical (unpaired) electrons. The summed E-state index contributed by atoms with van der Waals surface area (Å²) in [6.07, 6.45) is 0. The van der Waals surface area contributed by atoms with E-state index in [1.165, 1.54) is 0 Å². The predicted molar refractivity (Wildman–Crippen MR) is 62.9 cm³/mol. The Bertz CT molecular complexity index is 345. The van der Waals surface area contributed by atoms with Crippen molar-refractivity contribution in [3.05, 3.63) is 27.1 Å². The zero-order valence-corrected chi connectivity index (χ0v) is 10.4. The zero-order valence-electron chi connectivity index (χ0n) is 6.37. The van der Waals surface area contributed by atoms with Crippen molar-refractivity contribution in [2.24, 2.45) is 5.73 Å². The van der Waals surface area contributed by atoms with Gasteiger partial charge in [-0.25, -0.2) is 9.10 Å². The molecule has 0 unspecified atom stereocenters. The van der Waals surface area contributed by atoms with E-state index in [1.807, 2.05) is 6.07 Å². The van der Waals surface area contributed by atoms with Crippen molar-refractivity contribution < 1.29 is 4.79 Å². The lowest BCUT2D eigenvalue weighted by Crippen LogP contribution is -2.27. The summed E-state index contributed by atoms with van der Waals surface area (Å²) in [5.41, 5.74) is 5.66. The molecule has 1 aromatic rings. The Morgan fingerprint density at radius 1 is 1.46 bits per heavy atom. The Labute approximate surface area is 98.1 Å². The van der Waals surface area contributed by atoms with Crippen LogP contribution >= 0.6 is 44.7 Å². The highest BCUT2D eigenvalue weighted by atomic mass is 79.9. The van der Waals surface area contributed by atoms with Gasteiger partial charge in [0.1, 0.15) is 0 Å². The number of anilines is 1. The average molecular weight is 326 g/mol. The number of hydrogen-bond acceptors (Lipinski definition) is 2. The fourth-order valence-corrected chi connectivity index (χ4v) is 1.84. The van der Waals surface area contributed by atoms with Gasteiger partial charge in [0, 0.05) is 8.95 Å². The summed E-state index contributed by atoms with van der Waals surface area (Å²) in [4.78, 5) is 10.8. The predicted octanol–water partition coefficient (Wildman–Crippen LogP) is 2.94. The second-order valence-corrected chi connectivity index (χ2v) is 4.42. The lowest BCUT2D eigenvalue weighted by Gasteiger charge is -2.14. The van der Waals surface area contributed by atoms with Gasteiger partial charge in [0.05, 0.1) is 5.69 Å². The summed E-state index contributed by atoms with van der Waals surface area (Å²) >= 11 is 10.5. The molecule has 0 aromatic heterocycles. The molecule has 0 atom stereocenters. The molecule has 3 nitrogen and oxygen atoms in total. The molecule has 0 heterocycles. The van der Waals surface area contributed by atoms with E-state index in [9.17, 15) is 4.79 Å². The first-order chi connectivity index (χ1) is 6.02. The van der Waals surface area contributed by atoms with E-state index < -0.39 is 6.03 Å². The van der Waals surface area contributed by atoms with Crippen LogP contribution in [0.3, 0.4) is 0 Å². The summed E-state index contributed by atoms with van der Waals surface area (Å²) in [6.45, 7) is 0. The molecule has 6 heteroatoms. The number of halogens is 2. The Morgan fingerprint density at radius 2 is 2.08 bits per heavy atom. The van der Waals surface area contributed by atoms with E-state index in [4.69, 9.17) is 5.73 Å². The number of nitrogens with zero attached hydrogens (tertiary/aromatic N) is 1. The minimum atomic E-state index is -0.623. The van der Waals surface area contributed by atoms with E-state index in [2.05, 4.69) is 44.7 Å². The first-order valence-electron chi connectivity index (χ1n) is 3.26. The van der Waals surface area contributed by atoms with Gasteiger partial charge in [-0.1, -0.05) is 28.7 Å². The van der Waals surface area contributed by atoms with Crippen LogP contribution in [0.1, 0.15) is 0 Å². The maximum absolute atomic E-state index is 10.8. The molecule has 70 valence electrons. The van der Waals surface area contributed by atoms with E-state index in [0.717, 1.165) is 13.3 Å². The van der Waals surface area contributed by atoms with Gasteiger partial charge in [0.15, 0.2) is 0 Å². The Morgan fingerprint density at radius 3 is 2.62 bits per heavy atom. The van der Waals surface area contributed by atoms with Gasteiger partial charge >= 0.3 is 6.03 Å². The normalized spacial score (nSPS) is 9.77. The number of hydrogen-bond donors (Lipinski definition) is 2. The molecule has 1 rings (SSSR count). The van der Waals surface area contributed by atoms with E-state index in [1.54, 1.807) is 12.1 Å². The van der Waals surface area contributed by atoms with Crippen LogP contribution < -0.4 is 10.0 Å². The number of urea groups is 1. The van der Waals surface area contributed by atoms with Crippen LogP contribution in [0.25, 0.3) is 0 Å². The van der Waals surface area contributed by atoms with Crippen LogP contribution in [-0.4, -0.2) is 6.03 Å². The van der Waals surface area contributed by atoms with Gasteiger partial charge in [-0.3, -0.25) is 0 Å². The van der Waals surface area contributed by atoms with Gasteiger partial charge in [-0.2, -0.15) is 0 Å². The van der Waals surface area contributed by atoms with Crippen molar-refractivity contribution in [3.8, 4) is 0 Å². The third kappa shape index (κ3) is 2.62. The quantitative estimate of drug-likeness (QED) is 0.766. The van der Waals surface area contributed by atoms with E-state index in [0.29, 0.717) is 5.69 Å². The summed E-state index contributed by atoms with van der Waals surface area (Å²) in [7, 11) is 0. The number of amides is 2. The first-order valence-corrected chi connectivity index (χ1v) is 5.24. The van der Waals surface area contributed by atoms with Gasteiger partial charge in [0.2, 0.25) is 0 Å². The standard InChI is InChI=1S/C7H6Br2N2OS/c8-4-1-2-5(9)6(3-4)11(13)7(10)12/h1-3,13H,(H2,10,12). The number of primary amides is 1. The monoisotopic (exact) mass is 324 g/mol. The molecule has 0 bridgehead atoms. The molecule has 0 aliphatic carbocycles. The average Bonchev–Trinajstić information content (AvgIpc) is 2.08. The highest BCUT2D eigenvalue weighted by Gasteiger charge is 2.11. The lowest BCUT2D eigenvalue weighted by atomic mass is 10.3. The number of thiol groups is 1. The number of carbonyl (C=O) groups excluding carboxylic acids is 1. The molecule has 0 saturated carbocycles. The molecule has 0 saturated heterocycles. The van der Waals surface area contributed by atoms with Crippen molar-refractivity contribution in [3.63, 3.8) is 0 Å². The molecule has 2 amide bonds. The number of nitrogens with two attached hydrogens (primary N) is 1. The topological polar surface area (TPSA) is 46.3 Å². The van der Waals surface area contributed by atoms with Crippen molar-refractivity contribution in [2.75, 3.05) is 4.31 Å². The summed E-state index contributed by atoms with van der Waals surface area (Å²) in [5, 5.41) is 0. The Hall–Kier alpha value is -0.200. The van der Waals surface area contributed by atoms with Crippen LogP contribution in [0, 0.1) is 0 Å². The van der Waals surface area contributed by atoms with Crippen LogP contribution in [0.2, 0.25) is 0 Å². The SMILES string of the molecule is NC(=O)N(S)c1cc(Br)ccc1Br. The molecule has 1 aromatic carbocycles. The second kappa shape index (κ2) is 4.34. The minimum Gasteiger partial charge on any atom is -0.350 e. The van der Waals surface area contributed by atoms with E-state index in [-0.39, 0.29) is 0 Å². The fraction of sp³-hybridized carbons (Fsp3) is 0. The molecular formula is C7H6Br2N2OS. The van der Waals surface area contributed by atoms with Gasteiger partial charge < -0.3 is 5.73 Å². The first kappa shape index (κ1) is 10.9. The molecule has 0 aliphatic rings. The number of carbonyl (C=O) groups is 1. The summed E-state index contributed by atoms with van der Waals surface area (Å²) in [5.74, 6) is 0. The molecule has 2 N–H and O–H groups in total. The van der Waals surface area contributed by atoms with Crippen molar-refractivity contribution >= 4 is 56.4 Å². The van der Waals surface area contributed by atoms with Crippen molar-refractivity contribution in [1.29, 1.82) is 0 Å². The third-order valence-corrected chi connectivity index (χ3v) is 2.92. The molecule has 0 fully saturated rings. The van der Waals surface area contributed by atoms with E-state index >= 15 is 0 Å². The number of rotatable bonds is 1. The smallest absolute Gasteiger partial charge is 0.329 e. The van der Waals surface area contributed by atoms with Crippen LogP contribution in [0.5, 0.6) is 0 Å². The maximum Gasteiger partial charge on any atom is 0.329 e. The molecular weight excluding hydrogens is 320 g/mol. The van der Waals surface area contributed by atoms with Crippen molar-refractivity contribution in [2.45, 2.75) is 0 Å². The van der Waals surface area contributed by atoms with Gasteiger partial charge in [0.25, 0.3) is 0 Å². The van der Waals surface area contributed by atoms with Gasteiger partial charge in [-0.05, 0) is 34.1 Å². The lowest BCUT2D eigenvalue weighted by molar-refractivity contribution is 0.257. The number of benzene rings is 1. The molecule has 13 heavy (non-hydrogen) atoms. The third-order valence-electron chi connectivity index (χ3n) is 1.35. The highest BCUT2D eigenvalue weighted by Crippen LogP contribution is 2.30. The molecule has 0 aliphatic heterocycles. The highest BCUT2D eigenvalue weighted by molar-refractivity contribution is 9.11. The Balaban J connectivity index is 3.12. The largest absolute Gasteiger partial charge is 0.350 e. The maximum atomic E-state index is 10.8. The molecule has 0 spiro atoms. The van der Waals surface area contributed by atoms with Crippen LogP contribution in [0.4, 0.5) is 10.5 Å². The van der Waals surface area contributed by atoms with Crippen LogP contribution in [-0.2, 0) is 0 Å². The Kier molecular flexibility index (Phi) is 3.63.